The highest BCUT2D eigenvalue weighted by atomic mass is 35.5. The van der Waals surface area contributed by atoms with Gasteiger partial charge in [-0.3, -0.25) is 14.6 Å². The van der Waals surface area contributed by atoms with Gasteiger partial charge in [-0.1, -0.05) is 29.0 Å². The number of aryl methyl sites for hydroxylation is 1. The number of amides is 1. The molecule has 6 nitrogen and oxygen atoms in total. The fourth-order valence-corrected chi connectivity index (χ4v) is 4.86. The van der Waals surface area contributed by atoms with Gasteiger partial charge in [0.1, 0.15) is 17.1 Å². The number of hydrogen-bond donors (Lipinski definition) is 0. The van der Waals surface area contributed by atoms with Crippen molar-refractivity contribution in [2.24, 2.45) is 0 Å². The molecule has 1 fully saturated rings. The Kier molecular flexibility index (Phi) is 6.71. The molecule has 9 heteroatoms. The predicted molar refractivity (Wildman–Crippen MR) is 121 cm³/mol. The number of hydrogen-bond acceptors (Lipinski definition) is 6. The summed E-state index contributed by atoms with van der Waals surface area (Å²) >= 11 is 7.64. The van der Waals surface area contributed by atoms with Crippen LogP contribution in [-0.4, -0.2) is 62.3 Å². The molecule has 1 amide bonds. The maximum Gasteiger partial charge on any atom is 0.261 e. The van der Waals surface area contributed by atoms with Gasteiger partial charge < -0.3 is 9.47 Å². The normalized spacial score (nSPS) is 14.7. The van der Waals surface area contributed by atoms with E-state index >= 15 is 0 Å². The summed E-state index contributed by atoms with van der Waals surface area (Å²) in [5, 5.41) is 0.637. The van der Waals surface area contributed by atoms with Crippen molar-refractivity contribution < 1.29 is 18.7 Å². The molecule has 4 rings (SSSR count). The van der Waals surface area contributed by atoms with E-state index in [9.17, 15) is 9.18 Å². The number of benzene rings is 2. The number of anilines is 1. The van der Waals surface area contributed by atoms with E-state index < -0.39 is 5.82 Å². The first-order valence-corrected chi connectivity index (χ1v) is 11.2. The van der Waals surface area contributed by atoms with Crippen molar-refractivity contribution >= 4 is 44.2 Å². The number of thiazole rings is 1. The largest absolute Gasteiger partial charge is 0.494 e. The number of carbonyl (C=O) groups is 1. The van der Waals surface area contributed by atoms with Gasteiger partial charge in [0.2, 0.25) is 0 Å². The molecule has 31 heavy (non-hydrogen) atoms. The molecule has 0 bridgehead atoms. The average Bonchev–Trinajstić information content (AvgIpc) is 3.21. The Morgan fingerprint density at radius 2 is 2.10 bits per heavy atom. The van der Waals surface area contributed by atoms with Crippen LogP contribution in [0, 0.1) is 12.7 Å². The zero-order chi connectivity index (χ0) is 22.0. The predicted octanol–water partition coefficient (Wildman–Crippen LogP) is 4.38. The minimum atomic E-state index is -0.484. The Balaban J connectivity index is 1.71. The van der Waals surface area contributed by atoms with E-state index in [1.165, 1.54) is 23.5 Å². The van der Waals surface area contributed by atoms with E-state index in [-0.39, 0.29) is 16.5 Å². The molecule has 1 aliphatic heterocycles. The number of nitrogens with zero attached hydrogens (tertiary/aromatic N) is 3. The van der Waals surface area contributed by atoms with Crippen molar-refractivity contribution in [2.45, 2.75) is 6.92 Å². The third-order valence-electron chi connectivity index (χ3n) is 5.29. The van der Waals surface area contributed by atoms with E-state index in [0.717, 1.165) is 34.9 Å². The highest BCUT2D eigenvalue weighted by Crippen LogP contribution is 2.37. The number of morpholine rings is 1. The van der Waals surface area contributed by atoms with Crippen LogP contribution in [0.15, 0.2) is 30.3 Å². The summed E-state index contributed by atoms with van der Waals surface area (Å²) < 4.78 is 25.4. The summed E-state index contributed by atoms with van der Waals surface area (Å²) in [4.78, 5) is 22.1. The fourth-order valence-electron chi connectivity index (χ4n) is 3.54. The summed E-state index contributed by atoms with van der Waals surface area (Å²) in [6.07, 6.45) is 0. The van der Waals surface area contributed by atoms with E-state index in [1.54, 1.807) is 12.0 Å². The first kappa shape index (κ1) is 22.0. The lowest BCUT2D eigenvalue weighted by molar-refractivity contribution is 0.0391. The lowest BCUT2D eigenvalue weighted by Crippen LogP contribution is -2.43. The van der Waals surface area contributed by atoms with Crippen molar-refractivity contribution in [3.8, 4) is 5.75 Å². The molecule has 0 aliphatic carbocycles. The van der Waals surface area contributed by atoms with E-state index in [0.29, 0.717) is 37.2 Å². The third-order valence-corrected chi connectivity index (χ3v) is 6.82. The molecule has 1 aromatic heterocycles. The van der Waals surface area contributed by atoms with Crippen molar-refractivity contribution in [3.05, 3.63) is 52.3 Å². The van der Waals surface area contributed by atoms with Gasteiger partial charge in [-0.05, 0) is 36.8 Å². The van der Waals surface area contributed by atoms with Crippen molar-refractivity contribution in [3.63, 3.8) is 0 Å². The molecule has 1 saturated heterocycles. The number of aromatic nitrogens is 1. The quantitative estimate of drug-likeness (QED) is 0.543. The molecule has 1 aliphatic rings. The van der Waals surface area contributed by atoms with Crippen LogP contribution < -0.4 is 9.64 Å². The van der Waals surface area contributed by atoms with Crippen LogP contribution in [0.3, 0.4) is 0 Å². The lowest BCUT2D eigenvalue weighted by atomic mass is 10.2. The average molecular weight is 464 g/mol. The van der Waals surface area contributed by atoms with Crippen LogP contribution in [0.4, 0.5) is 9.52 Å². The van der Waals surface area contributed by atoms with E-state index in [1.807, 2.05) is 19.1 Å². The van der Waals surface area contributed by atoms with Crippen LogP contribution in [0.25, 0.3) is 10.2 Å². The van der Waals surface area contributed by atoms with Gasteiger partial charge in [-0.25, -0.2) is 9.37 Å². The smallest absolute Gasteiger partial charge is 0.261 e. The van der Waals surface area contributed by atoms with E-state index in [2.05, 4.69) is 4.90 Å². The fraction of sp³-hybridized carbons (Fsp3) is 0.364. The SMILES string of the molecule is COc1ccc(C)c2sc(N(CCN3CCOCC3)C(=O)c3ccc(F)cc3Cl)nc12. The third kappa shape index (κ3) is 4.67. The van der Waals surface area contributed by atoms with Gasteiger partial charge in [0.05, 0.1) is 35.6 Å². The second kappa shape index (κ2) is 9.48. The molecular formula is C22H23ClFN3O3S. The van der Waals surface area contributed by atoms with Gasteiger partial charge in [0.25, 0.3) is 5.91 Å². The second-order valence-corrected chi connectivity index (χ2v) is 8.68. The van der Waals surface area contributed by atoms with Crippen LogP contribution >= 0.6 is 22.9 Å². The molecule has 2 aromatic carbocycles. The van der Waals surface area contributed by atoms with Gasteiger partial charge in [0, 0.05) is 26.2 Å². The Labute approximate surface area is 189 Å². The maximum absolute atomic E-state index is 13.5. The maximum atomic E-state index is 13.5. The number of carbonyl (C=O) groups excluding carboxylic acids is 1. The minimum Gasteiger partial charge on any atom is -0.494 e. The molecule has 0 atom stereocenters. The summed E-state index contributed by atoms with van der Waals surface area (Å²) in [5.41, 5.74) is 2.02. The Bertz CT molecular complexity index is 1100. The summed E-state index contributed by atoms with van der Waals surface area (Å²) in [7, 11) is 1.60. The Morgan fingerprint density at radius 1 is 1.32 bits per heavy atom. The zero-order valence-electron chi connectivity index (χ0n) is 17.4. The first-order valence-electron chi connectivity index (χ1n) is 9.99. The second-order valence-electron chi connectivity index (χ2n) is 7.29. The van der Waals surface area contributed by atoms with Crippen molar-refractivity contribution in [1.29, 1.82) is 0 Å². The number of ether oxygens (including phenoxy) is 2. The van der Waals surface area contributed by atoms with Crippen LogP contribution in [0.5, 0.6) is 5.75 Å². The summed E-state index contributed by atoms with van der Waals surface area (Å²) in [6.45, 7) is 6.07. The van der Waals surface area contributed by atoms with Gasteiger partial charge in [-0.2, -0.15) is 0 Å². The van der Waals surface area contributed by atoms with Crippen LogP contribution in [-0.2, 0) is 4.74 Å². The molecule has 2 heterocycles. The first-order chi connectivity index (χ1) is 15.0. The molecule has 164 valence electrons. The number of rotatable bonds is 6. The van der Waals surface area contributed by atoms with Crippen molar-refractivity contribution in [2.75, 3.05) is 51.4 Å². The van der Waals surface area contributed by atoms with Crippen LogP contribution in [0.2, 0.25) is 5.02 Å². The molecule has 0 radical (unpaired) electrons. The highest BCUT2D eigenvalue weighted by Gasteiger charge is 2.25. The lowest BCUT2D eigenvalue weighted by Gasteiger charge is -2.29. The van der Waals surface area contributed by atoms with Crippen LogP contribution in [0.1, 0.15) is 15.9 Å². The van der Waals surface area contributed by atoms with Crippen molar-refractivity contribution in [1.82, 2.24) is 9.88 Å². The van der Waals surface area contributed by atoms with E-state index in [4.69, 9.17) is 26.1 Å². The monoisotopic (exact) mass is 463 g/mol. The number of methoxy groups -OCH3 is 1. The molecule has 3 aromatic rings. The standard InChI is InChI=1S/C22H23ClFN3O3S/c1-14-3-6-18(29-2)19-20(14)31-22(25-19)27(8-7-26-9-11-30-12-10-26)21(28)16-5-4-15(24)13-17(16)23/h3-6,13H,7-12H2,1-2H3. The summed E-state index contributed by atoms with van der Waals surface area (Å²) in [6, 6.07) is 7.66. The van der Waals surface area contributed by atoms with Gasteiger partial charge in [-0.15, -0.1) is 0 Å². The van der Waals surface area contributed by atoms with Gasteiger partial charge in [0.15, 0.2) is 5.13 Å². The van der Waals surface area contributed by atoms with Gasteiger partial charge >= 0.3 is 0 Å². The molecule has 0 unspecified atom stereocenters. The highest BCUT2D eigenvalue weighted by molar-refractivity contribution is 7.22. The molecule has 0 spiro atoms. The summed E-state index contributed by atoms with van der Waals surface area (Å²) in [5.74, 6) is -0.140. The molecule has 0 N–H and O–H groups in total. The molecular weight excluding hydrogens is 441 g/mol. The Morgan fingerprint density at radius 3 is 2.81 bits per heavy atom. The Hall–Kier alpha value is -2.26. The zero-order valence-corrected chi connectivity index (χ0v) is 18.9. The minimum absolute atomic E-state index is 0.0799. The molecule has 0 saturated carbocycles. The number of halogens is 2. The number of fused-ring (bicyclic) bond motifs is 1. The topological polar surface area (TPSA) is 54.9 Å².